The van der Waals surface area contributed by atoms with Crippen LogP contribution < -0.4 is 9.47 Å². The molecule has 0 spiro atoms. The van der Waals surface area contributed by atoms with E-state index < -0.39 is 0 Å². The molecule has 1 aromatic heterocycles. The maximum Gasteiger partial charge on any atom is 0.266 e. The van der Waals surface area contributed by atoms with Crippen LogP contribution >= 0.6 is 39.9 Å². The Labute approximate surface area is 204 Å². The largest absolute Gasteiger partial charge is 0.493 e. The lowest BCUT2D eigenvalue weighted by Gasteiger charge is -2.15. The van der Waals surface area contributed by atoms with Crippen molar-refractivity contribution in [1.82, 2.24) is 4.90 Å². The summed E-state index contributed by atoms with van der Waals surface area (Å²) < 4.78 is 18.1. The van der Waals surface area contributed by atoms with Gasteiger partial charge in [-0.15, -0.1) is 0 Å². The molecule has 2 heterocycles. The highest BCUT2D eigenvalue weighted by molar-refractivity contribution is 9.10. The third-order valence-electron chi connectivity index (χ3n) is 4.97. The topological polar surface area (TPSA) is 51.9 Å². The molecule has 1 fully saturated rings. The van der Waals surface area contributed by atoms with E-state index in [4.69, 9.17) is 26.1 Å². The first-order valence-corrected chi connectivity index (χ1v) is 11.8. The van der Waals surface area contributed by atoms with Gasteiger partial charge in [0.1, 0.15) is 15.8 Å². The summed E-state index contributed by atoms with van der Waals surface area (Å²) >= 11 is 10.2. The summed E-state index contributed by atoms with van der Waals surface area (Å²) in [4.78, 5) is 15.1. The van der Waals surface area contributed by atoms with Crippen molar-refractivity contribution in [1.29, 1.82) is 0 Å². The highest BCUT2D eigenvalue weighted by atomic mass is 79.9. The summed E-state index contributed by atoms with van der Waals surface area (Å²) in [5.41, 5.74) is 2.00. The number of carbonyl (C=O) groups is 1. The number of ether oxygens (including phenoxy) is 2. The number of rotatable bonds is 7. The summed E-state index contributed by atoms with van der Waals surface area (Å²) in [6.45, 7) is 0.486. The number of amides is 1. The van der Waals surface area contributed by atoms with Crippen molar-refractivity contribution in [2.45, 2.75) is 6.42 Å². The molecule has 0 radical (unpaired) electrons. The number of thiocarbonyl (C=S) groups is 1. The van der Waals surface area contributed by atoms with Gasteiger partial charge in [-0.1, -0.05) is 58.1 Å². The normalized spacial score (nSPS) is 15.0. The van der Waals surface area contributed by atoms with Gasteiger partial charge in [-0.3, -0.25) is 9.69 Å². The average molecular weight is 530 g/mol. The van der Waals surface area contributed by atoms with E-state index in [9.17, 15) is 4.79 Å². The Morgan fingerprint density at radius 3 is 2.53 bits per heavy atom. The molecule has 0 atom stereocenters. The number of hydrogen-bond donors (Lipinski definition) is 0. The fourth-order valence-corrected chi connectivity index (χ4v) is 4.85. The molecule has 1 aliphatic rings. The van der Waals surface area contributed by atoms with Gasteiger partial charge in [0.05, 0.1) is 19.1 Å². The zero-order valence-electron chi connectivity index (χ0n) is 17.5. The van der Waals surface area contributed by atoms with E-state index in [1.165, 1.54) is 11.8 Å². The minimum absolute atomic E-state index is 0.109. The molecule has 4 rings (SSSR count). The predicted octanol–water partition coefficient (Wildman–Crippen LogP) is 6.17. The fraction of sp³-hybridized carbons (Fsp3) is 0.167. The second-order valence-electron chi connectivity index (χ2n) is 6.98. The molecular formula is C24H20BrNO4S2. The highest BCUT2D eigenvalue weighted by Gasteiger charge is 2.32. The van der Waals surface area contributed by atoms with Crippen molar-refractivity contribution in [3.63, 3.8) is 0 Å². The molecule has 0 unspecified atom stereocenters. The lowest BCUT2D eigenvalue weighted by molar-refractivity contribution is -0.122. The molecule has 1 aliphatic heterocycles. The van der Waals surface area contributed by atoms with Crippen molar-refractivity contribution in [2.24, 2.45) is 0 Å². The molecule has 1 amide bonds. The number of carbonyl (C=O) groups excluding carboxylic acids is 1. The first-order valence-electron chi connectivity index (χ1n) is 9.80. The van der Waals surface area contributed by atoms with Crippen LogP contribution in [0, 0.1) is 0 Å². The lowest BCUT2D eigenvalue weighted by Crippen LogP contribution is -2.30. The van der Waals surface area contributed by atoms with Crippen molar-refractivity contribution in [3.8, 4) is 22.8 Å². The average Bonchev–Trinajstić information content (AvgIpc) is 3.37. The maximum atomic E-state index is 12.9. The van der Waals surface area contributed by atoms with Gasteiger partial charge in [-0.25, -0.2) is 0 Å². The quantitative estimate of drug-likeness (QED) is 0.269. The van der Waals surface area contributed by atoms with E-state index in [1.807, 2.05) is 54.6 Å². The Bertz CT molecular complexity index is 1190. The van der Waals surface area contributed by atoms with Gasteiger partial charge in [0.25, 0.3) is 5.91 Å². The smallest absolute Gasteiger partial charge is 0.266 e. The van der Waals surface area contributed by atoms with Crippen molar-refractivity contribution < 1.29 is 18.7 Å². The zero-order valence-corrected chi connectivity index (χ0v) is 20.7. The van der Waals surface area contributed by atoms with Crippen LogP contribution in [-0.2, 0) is 11.2 Å². The number of nitrogens with zero attached hydrogens (tertiary/aromatic N) is 1. The van der Waals surface area contributed by atoms with Crippen LogP contribution in [0.25, 0.3) is 17.4 Å². The van der Waals surface area contributed by atoms with Gasteiger partial charge in [0, 0.05) is 22.7 Å². The van der Waals surface area contributed by atoms with Crippen molar-refractivity contribution in [2.75, 3.05) is 20.8 Å². The second kappa shape index (κ2) is 9.94. The van der Waals surface area contributed by atoms with E-state index in [2.05, 4.69) is 15.9 Å². The third kappa shape index (κ3) is 4.92. The number of hydrogen-bond acceptors (Lipinski definition) is 6. The Morgan fingerprint density at radius 2 is 1.81 bits per heavy atom. The van der Waals surface area contributed by atoms with Crippen LogP contribution in [0.4, 0.5) is 0 Å². The third-order valence-corrected chi connectivity index (χ3v) is 6.88. The molecule has 1 saturated heterocycles. The van der Waals surface area contributed by atoms with Gasteiger partial charge >= 0.3 is 0 Å². The van der Waals surface area contributed by atoms with Gasteiger partial charge < -0.3 is 13.9 Å². The Balaban J connectivity index is 1.45. The SMILES string of the molecule is COc1ccc(CCN2C(=O)/C(=C\c3ccc(-c4ccc(Br)cc4)o3)SC2=S)cc1OC. The first kappa shape index (κ1) is 22.6. The van der Waals surface area contributed by atoms with Gasteiger partial charge in [-0.05, 0) is 48.4 Å². The summed E-state index contributed by atoms with van der Waals surface area (Å²) in [7, 11) is 3.20. The maximum absolute atomic E-state index is 12.9. The molecular weight excluding hydrogens is 510 g/mol. The molecule has 8 heteroatoms. The molecule has 0 bridgehead atoms. The number of benzene rings is 2. The lowest BCUT2D eigenvalue weighted by atomic mass is 10.1. The summed E-state index contributed by atoms with van der Waals surface area (Å²) in [5.74, 6) is 2.58. The fourth-order valence-electron chi connectivity index (χ4n) is 3.30. The Morgan fingerprint density at radius 1 is 1.06 bits per heavy atom. The van der Waals surface area contributed by atoms with E-state index in [0.29, 0.717) is 39.5 Å². The minimum atomic E-state index is -0.109. The molecule has 0 saturated carbocycles. The summed E-state index contributed by atoms with van der Waals surface area (Å²) in [6, 6.07) is 17.3. The van der Waals surface area contributed by atoms with E-state index >= 15 is 0 Å². The molecule has 5 nitrogen and oxygen atoms in total. The first-order chi connectivity index (χ1) is 15.5. The summed E-state index contributed by atoms with van der Waals surface area (Å²) in [5, 5.41) is 0. The van der Waals surface area contributed by atoms with E-state index in [-0.39, 0.29) is 5.91 Å². The number of furan rings is 1. The Kier molecular flexibility index (Phi) is 7.03. The molecule has 3 aromatic rings. The van der Waals surface area contributed by atoms with Gasteiger partial charge in [0.2, 0.25) is 0 Å². The van der Waals surface area contributed by atoms with Crippen molar-refractivity contribution in [3.05, 3.63) is 75.3 Å². The van der Waals surface area contributed by atoms with Crippen LogP contribution in [0.1, 0.15) is 11.3 Å². The van der Waals surface area contributed by atoms with Crippen LogP contribution in [-0.4, -0.2) is 35.9 Å². The molecule has 0 N–H and O–H groups in total. The van der Waals surface area contributed by atoms with Gasteiger partial charge in [0.15, 0.2) is 11.5 Å². The second-order valence-corrected chi connectivity index (χ2v) is 9.57. The van der Waals surface area contributed by atoms with Gasteiger partial charge in [-0.2, -0.15) is 0 Å². The molecule has 32 heavy (non-hydrogen) atoms. The Hall–Kier alpha value is -2.55. The monoisotopic (exact) mass is 529 g/mol. The predicted molar refractivity (Wildman–Crippen MR) is 135 cm³/mol. The number of halogens is 1. The number of thioether (sulfide) groups is 1. The minimum Gasteiger partial charge on any atom is -0.493 e. The van der Waals surface area contributed by atoms with Crippen LogP contribution in [0.5, 0.6) is 11.5 Å². The van der Waals surface area contributed by atoms with Crippen LogP contribution in [0.2, 0.25) is 0 Å². The van der Waals surface area contributed by atoms with E-state index in [0.717, 1.165) is 21.4 Å². The summed E-state index contributed by atoms with van der Waals surface area (Å²) in [6.07, 6.45) is 2.40. The highest BCUT2D eigenvalue weighted by Crippen LogP contribution is 2.34. The molecule has 2 aromatic carbocycles. The van der Waals surface area contributed by atoms with Crippen LogP contribution in [0.15, 0.2) is 68.4 Å². The van der Waals surface area contributed by atoms with Crippen LogP contribution in [0.3, 0.4) is 0 Å². The number of methoxy groups -OCH3 is 2. The zero-order chi connectivity index (χ0) is 22.7. The van der Waals surface area contributed by atoms with Crippen molar-refractivity contribution >= 4 is 56.2 Å². The standard InChI is InChI=1S/C24H20BrNO4S2/c1-28-20-9-3-15(13-21(20)29-2)11-12-26-23(27)22(32-24(26)31)14-18-8-10-19(30-18)16-4-6-17(25)7-5-16/h3-10,13-14H,11-12H2,1-2H3/b22-14+. The molecule has 0 aliphatic carbocycles. The van der Waals surface area contributed by atoms with E-state index in [1.54, 1.807) is 25.2 Å². The molecule has 164 valence electrons.